The van der Waals surface area contributed by atoms with E-state index in [1.165, 1.54) is 5.56 Å². The van der Waals surface area contributed by atoms with E-state index >= 15 is 0 Å². The SMILES string of the molecule is CN1CCC(CC(=O)Nc2ccc(C(C)(C)C)cc2)C1. The molecule has 0 spiro atoms. The van der Waals surface area contributed by atoms with E-state index < -0.39 is 0 Å². The molecule has 1 aliphatic heterocycles. The highest BCUT2D eigenvalue weighted by atomic mass is 16.1. The quantitative estimate of drug-likeness (QED) is 0.917. The van der Waals surface area contributed by atoms with Crippen LogP contribution in [0.4, 0.5) is 5.69 Å². The van der Waals surface area contributed by atoms with Gasteiger partial charge in [0.25, 0.3) is 0 Å². The topological polar surface area (TPSA) is 32.3 Å². The van der Waals surface area contributed by atoms with Gasteiger partial charge >= 0.3 is 0 Å². The maximum atomic E-state index is 12.0. The molecule has 1 N–H and O–H groups in total. The molecule has 0 bridgehead atoms. The third-order valence-corrected chi connectivity index (χ3v) is 4.00. The van der Waals surface area contributed by atoms with E-state index in [1.54, 1.807) is 0 Å². The number of rotatable bonds is 3. The number of anilines is 1. The summed E-state index contributed by atoms with van der Waals surface area (Å²) in [6.07, 6.45) is 1.76. The van der Waals surface area contributed by atoms with Gasteiger partial charge in [-0.05, 0) is 49.0 Å². The number of benzene rings is 1. The van der Waals surface area contributed by atoms with E-state index in [4.69, 9.17) is 0 Å². The van der Waals surface area contributed by atoms with Crippen molar-refractivity contribution >= 4 is 11.6 Å². The van der Waals surface area contributed by atoms with Crippen LogP contribution in [-0.4, -0.2) is 30.9 Å². The highest BCUT2D eigenvalue weighted by Crippen LogP contribution is 2.24. The minimum absolute atomic E-state index is 0.133. The molecule has 1 aromatic rings. The third kappa shape index (κ3) is 4.07. The Hall–Kier alpha value is -1.35. The van der Waals surface area contributed by atoms with Crippen LogP contribution in [0.1, 0.15) is 39.2 Å². The van der Waals surface area contributed by atoms with Gasteiger partial charge in [-0.25, -0.2) is 0 Å². The number of nitrogens with one attached hydrogen (secondary N) is 1. The predicted molar refractivity (Wildman–Crippen MR) is 84.0 cm³/mol. The molecule has 3 nitrogen and oxygen atoms in total. The van der Waals surface area contributed by atoms with Crippen LogP contribution in [0.15, 0.2) is 24.3 Å². The summed E-state index contributed by atoms with van der Waals surface area (Å²) >= 11 is 0. The average Bonchev–Trinajstić information content (AvgIpc) is 2.74. The fraction of sp³-hybridized carbons (Fsp3) is 0.588. The average molecular weight is 274 g/mol. The molecule has 1 saturated heterocycles. The molecule has 1 unspecified atom stereocenters. The van der Waals surface area contributed by atoms with Gasteiger partial charge in [-0.3, -0.25) is 4.79 Å². The lowest BCUT2D eigenvalue weighted by Gasteiger charge is -2.19. The van der Waals surface area contributed by atoms with Crippen LogP contribution in [0, 0.1) is 5.92 Å². The molecule has 2 rings (SSSR count). The number of likely N-dealkylation sites (tertiary alicyclic amines) is 1. The maximum Gasteiger partial charge on any atom is 0.224 e. The van der Waals surface area contributed by atoms with E-state index in [2.05, 4.69) is 50.2 Å². The molecule has 0 saturated carbocycles. The number of hydrogen-bond donors (Lipinski definition) is 1. The Morgan fingerprint density at radius 3 is 2.45 bits per heavy atom. The van der Waals surface area contributed by atoms with Crippen LogP contribution < -0.4 is 5.32 Å². The smallest absolute Gasteiger partial charge is 0.224 e. The van der Waals surface area contributed by atoms with Gasteiger partial charge < -0.3 is 10.2 Å². The first kappa shape index (κ1) is 15.0. The lowest BCUT2D eigenvalue weighted by molar-refractivity contribution is -0.117. The van der Waals surface area contributed by atoms with Gasteiger partial charge in [-0.1, -0.05) is 32.9 Å². The molecule has 0 radical (unpaired) electrons. The molecule has 1 fully saturated rings. The van der Waals surface area contributed by atoms with Gasteiger partial charge in [-0.15, -0.1) is 0 Å². The lowest BCUT2D eigenvalue weighted by Crippen LogP contribution is -2.19. The van der Waals surface area contributed by atoms with E-state index in [1.807, 2.05) is 12.1 Å². The number of amides is 1. The number of nitrogens with zero attached hydrogens (tertiary/aromatic N) is 1. The summed E-state index contributed by atoms with van der Waals surface area (Å²) in [4.78, 5) is 14.3. The van der Waals surface area contributed by atoms with Gasteiger partial charge in [0.15, 0.2) is 0 Å². The first-order valence-electron chi connectivity index (χ1n) is 7.43. The van der Waals surface area contributed by atoms with Crippen molar-refractivity contribution in [1.82, 2.24) is 4.90 Å². The molecule has 1 heterocycles. The van der Waals surface area contributed by atoms with E-state index in [0.717, 1.165) is 25.2 Å². The van der Waals surface area contributed by atoms with Crippen LogP contribution in [0.5, 0.6) is 0 Å². The van der Waals surface area contributed by atoms with Crippen LogP contribution >= 0.6 is 0 Å². The van der Waals surface area contributed by atoms with Crippen LogP contribution in [0.25, 0.3) is 0 Å². The first-order chi connectivity index (χ1) is 9.34. The summed E-state index contributed by atoms with van der Waals surface area (Å²) in [7, 11) is 2.11. The van der Waals surface area contributed by atoms with Gasteiger partial charge in [0.1, 0.15) is 0 Å². The van der Waals surface area contributed by atoms with Crippen molar-refractivity contribution in [2.45, 2.75) is 39.0 Å². The Morgan fingerprint density at radius 1 is 1.30 bits per heavy atom. The zero-order chi connectivity index (χ0) is 14.8. The molecule has 1 atom stereocenters. The Morgan fingerprint density at radius 2 is 1.95 bits per heavy atom. The zero-order valence-electron chi connectivity index (χ0n) is 13.1. The molecule has 3 heteroatoms. The minimum Gasteiger partial charge on any atom is -0.326 e. The second kappa shape index (κ2) is 5.96. The predicted octanol–water partition coefficient (Wildman–Crippen LogP) is 3.26. The van der Waals surface area contributed by atoms with E-state index in [0.29, 0.717) is 12.3 Å². The zero-order valence-corrected chi connectivity index (χ0v) is 13.1. The highest BCUT2D eigenvalue weighted by molar-refractivity contribution is 5.90. The van der Waals surface area contributed by atoms with Crippen LogP contribution in [0.2, 0.25) is 0 Å². The molecule has 1 amide bonds. The normalized spacial score (nSPS) is 20.1. The molecule has 1 aromatic carbocycles. The molecule has 110 valence electrons. The van der Waals surface area contributed by atoms with Gasteiger partial charge in [0.2, 0.25) is 5.91 Å². The molecule has 0 aliphatic carbocycles. The number of carbonyl (C=O) groups is 1. The van der Waals surface area contributed by atoms with Crippen LogP contribution in [0.3, 0.4) is 0 Å². The Kier molecular flexibility index (Phi) is 4.48. The van der Waals surface area contributed by atoms with Crippen molar-refractivity contribution < 1.29 is 4.79 Å². The Bertz CT molecular complexity index is 459. The van der Waals surface area contributed by atoms with E-state index in [-0.39, 0.29) is 11.3 Å². The molecule has 20 heavy (non-hydrogen) atoms. The summed E-state index contributed by atoms with van der Waals surface area (Å²) in [5.74, 6) is 0.641. The fourth-order valence-corrected chi connectivity index (χ4v) is 2.72. The van der Waals surface area contributed by atoms with Crippen molar-refractivity contribution in [1.29, 1.82) is 0 Å². The van der Waals surface area contributed by atoms with E-state index in [9.17, 15) is 4.79 Å². The maximum absolute atomic E-state index is 12.0. The van der Waals surface area contributed by atoms with Crippen molar-refractivity contribution in [3.05, 3.63) is 29.8 Å². The molecule has 0 aromatic heterocycles. The standard InChI is InChI=1S/C17H26N2O/c1-17(2,3)14-5-7-15(8-6-14)18-16(20)11-13-9-10-19(4)12-13/h5-8,13H,9-12H2,1-4H3,(H,18,20). The monoisotopic (exact) mass is 274 g/mol. The summed E-state index contributed by atoms with van der Waals surface area (Å²) in [5, 5.41) is 3.00. The number of carbonyl (C=O) groups excluding carboxylic acids is 1. The largest absolute Gasteiger partial charge is 0.326 e. The summed E-state index contributed by atoms with van der Waals surface area (Å²) in [5.41, 5.74) is 2.33. The Labute approximate surface area is 122 Å². The second-order valence-corrected chi connectivity index (χ2v) is 7.00. The second-order valence-electron chi connectivity index (χ2n) is 7.00. The van der Waals surface area contributed by atoms with Gasteiger partial charge in [0.05, 0.1) is 0 Å². The lowest BCUT2D eigenvalue weighted by atomic mass is 9.87. The van der Waals surface area contributed by atoms with Gasteiger partial charge in [0, 0.05) is 18.7 Å². The fourth-order valence-electron chi connectivity index (χ4n) is 2.72. The van der Waals surface area contributed by atoms with Crippen molar-refractivity contribution in [2.75, 3.05) is 25.5 Å². The molecule has 1 aliphatic rings. The minimum atomic E-state index is 0.133. The summed E-state index contributed by atoms with van der Waals surface area (Å²) < 4.78 is 0. The first-order valence-corrected chi connectivity index (χ1v) is 7.43. The summed E-state index contributed by atoms with van der Waals surface area (Å²) in [6, 6.07) is 8.19. The van der Waals surface area contributed by atoms with Crippen LogP contribution in [-0.2, 0) is 10.2 Å². The van der Waals surface area contributed by atoms with Crippen molar-refractivity contribution in [3.63, 3.8) is 0 Å². The van der Waals surface area contributed by atoms with Crippen molar-refractivity contribution in [2.24, 2.45) is 5.92 Å². The molecular formula is C17H26N2O. The highest BCUT2D eigenvalue weighted by Gasteiger charge is 2.22. The number of hydrogen-bond acceptors (Lipinski definition) is 2. The van der Waals surface area contributed by atoms with Gasteiger partial charge in [-0.2, -0.15) is 0 Å². The Balaban J connectivity index is 1.88. The molecular weight excluding hydrogens is 248 g/mol. The third-order valence-electron chi connectivity index (χ3n) is 4.00. The van der Waals surface area contributed by atoms with Crippen molar-refractivity contribution in [3.8, 4) is 0 Å². The summed E-state index contributed by atoms with van der Waals surface area (Å²) in [6.45, 7) is 8.72.